The maximum Gasteiger partial charge on any atom is 0.320 e. The Balaban J connectivity index is 2.02. The second-order valence-electron chi connectivity index (χ2n) is 4.97. The fourth-order valence-electron chi connectivity index (χ4n) is 2.72. The molecule has 2 saturated heterocycles. The summed E-state index contributed by atoms with van der Waals surface area (Å²) in [5, 5.41) is 18.1. The molecule has 7 heteroatoms. The van der Waals surface area contributed by atoms with Crippen molar-refractivity contribution in [2.24, 2.45) is 0 Å². The highest BCUT2D eigenvalue weighted by atomic mass is 16.5. The molecule has 0 bridgehead atoms. The Hall–Kier alpha value is -1.34. The number of urea groups is 1. The fraction of sp³-hybridized carbons (Fsp3) is 0.833. The predicted molar refractivity (Wildman–Crippen MR) is 65.8 cm³/mol. The highest BCUT2D eigenvalue weighted by Crippen LogP contribution is 2.23. The number of carboxylic acid groups (broad SMARTS) is 1. The number of ether oxygens (including phenoxy) is 1. The van der Waals surface area contributed by atoms with Crippen molar-refractivity contribution in [1.29, 1.82) is 0 Å². The molecule has 0 spiro atoms. The van der Waals surface area contributed by atoms with E-state index in [1.807, 2.05) is 0 Å². The molecule has 0 aromatic rings. The number of amides is 2. The van der Waals surface area contributed by atoms with E-state index in [1.54, 1.807) is 9.80 Å². The fourth-order valence-corrected chi connectivity index (χ4v) is 2.72. The van der Waals surface area contributed by atoms with Crippen LogP contribution >= 0.6 is 0 Å². The van der Waals surface area contributed by atoms with E-state index in [0.29, 0.717) is 26.3 Å². The van der Waals surface area contributed by atoms with Crippen LogP contribution in [-0.4, -0.2) is 77.0 Å². The number of hydrogen-bond acceptors (Lipinski definition) is 4. The van der Waals surface area contributed by atoms with Gasteiger partial charge in [-0.1, -0.05) is 0 Å². The Labute approximate surface area is 111 Å². The molecule has 0 aromatic heterocycles. The number of carboxylic acids is 1. The summed E-state index contributed by atoms with van der Waals surface area (Å²) >= 11 is 0. The summed E-state index contributed by atoms with van der Waals surface area (Å²) in [5.41, 5.74) is 0. The van der Waals surface area contributed by atoms with E-state index >= 15 is 0 Å². The number of likely N-dealkylation sites (tertiary alicyclic amines) is 1. The summed E-state index contributed by atoms with van der Waals surface area (Å²) in [6, 6.07) is -0.731. The van der Waals surface area contributed by atoms with Crippen molar-refractivity contribution in [3.63, 3.8) is 0 Å². The van der Waals surface area contributed by atoms with Gasteiger partial charge in [0.25, 0.3) is 0 Å². The molecule has 2 fully saturated rings. The zero-order chi connectivity index (χ0) is 13.8. The largest absolute Gasteiger partial charge is 0.481 e. The van der Waals surface area contributed by atoms with Crippen molar-refractivity contribution in [2.45, 2.75) is 31.3 Å². The van der Waals surface area contributed by atoms with E-state index in [-0.39, 0.29) is 31.1 Å². The lowest BCUT2D eigenvalue weighted by molar-refractivity contribution is -0.138. The van der Waals surface area contributed by atoms with Crippen LogP contribution in [0.3, 0.4) is 0 Å². The van der Waals surface area contributed by atoms with Crippen LogP contribution in [0, 0.1) is 0 Å². The summed E-state index contributed by atoms with van der Waals surface area (Å²) in [5.74, 6) is -0.884. The van der Waals surface area contributed by atoms with Crippen LogP contribution in [-0.2, 0) is 9.53 Å². The van der Waals surface area contributed by atoms with Crippen LogP contribution < -0.4 is 0 Å². The first-order chi connectivity index (χ1) is 9.13. The number of carbonyl (C=O) groups excluding carboxylic acids is 1. The lowest BCUT2D eigenvalue weighted by Gasteiger charge is -2.38. The quantitative estimate of drug-likeness (QED) is 0.738. The molecule has 2 aliphatic rings. The molecule has 2 aliphatic heterocycles. The van der Waals surface area contributed by atoms with Gasteiger partial charge in [0.2, 0.25) is 0 Å². The summed E-state index contributed by atoms with van der Waals surface area (Å²) in [6.07, 6.45) is 1.55. The van der Waals surface area contributed by atoms with Gasteiger partial charge >= 0.3 is 12.0 Å². The second-order valence-corrected chi connectivity index (χ2v) is 4.97. The van der Waals surface area contributed by atoms with Gasteiger partial charge in [-0.05, 0) is 12.8 Å². The first kappa shape index (κ1) is 14.1. The average molecular weight is 272 g/mol. The summed E-state index contributed by atoms with van der Waals surface area (Å²) in [6.45, 7) is 1.69. The molecule has 19 heavy (non-hydrogen) atoms. The minimum Gasteiger partial charge on any atom is -0.481 e. The van der Waals surface area contributed by atoms with Crippen molar-refractivity contribution in [3.8, 4) is 0 Å². The van der Waals surface area contributed by atoms with Gasteiger partial charge in [0.15, 0.2) is 0 Å². The predicted octanol–water partition coefficient (Wildman–Crippen LogP) is -0.261. The van der Waals surface area contributed by atoms with Gasteiger partial charge < -0.3 is 24.7 Å². The lowest BCUT2D eigenvalue weighted by atomic mass is 10.1. The van der Waals surface area contributed by atoms with Crippen LogP contribution in [0.25, 0.3) is 0 Å². The first-order valence-corrected chi connectivity index (χ1v) is 6.61. The molecule has 0 radical (unpaired) electrons. The third kappa shape index (κ3) is 3.16. The zero-order valence-electron chi connectivity index (χ0n) is 10.8. The second kappa shape index (κ2) is 6.21. The van der Waals surface area contributed by atoms with E-state index in [9.17, 15) is 14.7 Å². The van der Waals surface area contributed by atoms with Crippen molar-refractivity contribution in [3.05, 3.63) is 0 Å². The molecule has 2 atom stereocenters. The highest BCUT2D eigenvalue weighted by molar-refractivity contribution is 5.77. The highest BCUT2D eigenvalue weighted by Gasteiger charge is 2.36. The van der Waals surface area contributed by atoms with Gasteiger partial charge in [-0.2, -0.15) is 0 Å². The normalized spacial score (nSPS) is 27.6. The van der Waals surface area contributed by atoms with Gasteiger partial charge in [0.1, 0.15) is 0 Å². The minimum absolute atomic E-state index is 0.0140. The maximum atomic E-state index is 12.5. The monoisotopic (exact) mass is 272 g/mol. The summed E-state index contributed by atoms with van der Waals surface area (Å²) < 4.78 is 5.24. The summed E-state index contributed by atoms with van der Waals surface area (Å²) in [7, 11) is 0. The third-order valence-electron chi connectivity index (χ3n) is 3.72. The van der Waals surface area contributed by atoms with Crippen LogP contribution in [0.2, 0.25) is 0 Å². The van der Waals surface area contributed by atoms with Crippen molar-refractivity contribution < 1.29 is 24.5 Å². The van der Waals surface area contributed by atoms with E-state index < -0.39 is 5.97 Å². The van der Waals surface area contributed by atoms with Crippen LogP contribution in [0.5, 0.6) is 0 Å². The Morgan fingerprint density at radius 2 is 1.95 bits per heavy atom. The molecular weight excluding hydrogens is 252 g/mol. The number of carbonyl (C=O) groups is 2. The van der Waals surface area contributed by atoms with E-state index in [2.05, 4.69) is 0 Å². The summed E-state index contributed by atoms with van der Waals surface area (Å²) in [4.78, 5) is 26.5. The zero-order valence-corrected chi connectivity index (χ0v) is 10.8. The Morgan fingerprint density at radius 3 is 2.63 bits per heavy atom. The van der Waals surface area contributed by atoms with Gasteiger partial charge in [0, 0.05) is 19.1 Å². The Kier molecular flexibility index (Phi) is 4.60. The molecular formula is C12H20N2O5. The number of hydrogen-bond donors (Lipinski definition) is 2. The topological polar surface area (TPSA) is 90.3 Å². The third-order valence-corrected chi connectivity index (χ3v) is 3.72. The van der Waals surface area contributed by atoms with E-state index in [0.717, 1.165) is 12.8 Å². The molecule has 0 saturated carbocycles. The average Bonchev–Trinajstić information content (AvgIpc) is 2.85. The van der Waals surface area contributed by atoms with Gasteiger partial charge in [-0.25, -0.2) is 4.79 Å². The minimum atomic E-state index is -0.884. The lowest BCUT2D eigenvalue weighted by Crippen LogP contribution is -2.56. The Bertz CT molecular complexity index is 349. The molecule has 108 valence electrons. The number of aliphatic hydroxyl groups is 1. The number of nitrogens with zero attached hydrogens (tertiary/aromatic N) is 2. The SMILES string of the molecule is O=C(O)CC1CCCN1C(=O)N1CCOCC1CO. The van der Waals surface area contributed by atoms with Crippen molar-refractivity contribution in [1.82, 2.24) is 9.80 Å². The number of aliphatic carboxylic acids is 1. The van der Waals surface area contributed by atoms with E-state index in [4.69, 9.17) is 9.84 Å². The number of aliphatic hydroxyl groups excluding tert-OH is 1. The molecule has 0 aromatic carbocycles. The molecule has 2 N–H and O–H groups in total. The molecule has 7 nitrogen and oxygen atoms in total. The first-order valence-electron chi connectivity index (χ1n) is 6.61. The molecule has 0 aliphatic carbocycles. The standard InChI is InChI=1S/C12H20N2O5/c15-7-10-8-19-5-4-14(10)12(18)13-3-1-2-9(13)6-11(16)17/h9-10,15H,1-8H2,(H,16,17). The molecule has 2 heterocycles. The molecule has 2 amide bonds. The number of rotatable bonds is 3. The maximum absolute atomic E-state index is 12.5. The molecule has 2 rings (SSSR count). The van der Waals surface area contributed by atoms with Crippen LogP contribution in [0.4, 0.5) is 4.79 Å². The van der Waals surface area contributed by atoms with E-state index in [1.165, 1.54) is 0 Å². The van der Waals surface area contributed by atoms with Gasteiger partial charge in [-0.15, -0.1) is 0 Å². The van der Waals surface area contributed by atoms with Crippen LogP contribution in [0.15, 0.2) is 0 Å². The molecule has 2 unspecified atom stereocenters. The number of morpholine rings is 1. The smallest absolute Gasteiger partial charge is 0.320 e. The van der Waals surface area contributed by atoms with Crippen LogP contribution in [0.1, 0.15) is 19.3 Å². The Morgan fingerprint density at radius 1 is 1.21 bits per heavy atom. The van der Waals surface area contributed by atoms with Gasteiger partial charge in [0.05, 0.1) is 32.3 Å². The van der Waals surface area contributed by atoms with Crippen molar-refractivity contribution >= 4 is 12.0 Å². The van der Waals surface area contributed by atoms with Crippen molar-refractivity contribution in [2.75, 3.05) is 32.9 Å². The van der Waals surface area contributed by atoms with Gasteiger partial charge in [-0.3, -0.25) is 4.79 Å².